The van der Waals surface area contributed by atoms with Crippen molar-refractivity contribution in [1.29, 1.82) is 0 Å². The summed E-state index contributed by atoms with van der Waals surface area (Å²) in [5.74, 6) is 2.34. The van der Waals surface area contributed by atoms with Crippen molar-refractivity contribution in [3.8, 4) is 11.5 Å². The van der Waals surface area contributed by atoms with Crippen molar-refractivity contribution in [3.05, 3.63) is 63.2 Å². The Morgan fingerprint density at radius 3 is 2.86 bits per heavy atom. The Kier molecular flexibility index (Phi) is 5.24. The van der Waals surface area contributed by atoms with E-state index in [9.17, 15) is 4.79 Å². The van der Waals surface area contributed by atoms with E-state index < -0.39 is 0 Å². The largest absolute Gasteiger partial charge is 0.497 e. The fraction of sp³-hybridized carbons (Fsp3) is 0.333. The SMILES string of the molecule is COc1ccc(OC)c([C@@H]2CCC[NH+]2Cc2nc3cc(Cl)ccc3c(=O)[nH]2)c1. The zero-order valence-corrected chi connectivity index (χ0v) is 16.7. The predicted octanol–water partition coefficient (Wildman–Crippen LogP) is 2.51. The average molecular weight is 401 g/mol. The monoisotopic (exact) mass is 400 g/mol. The van der Waals surface area contributed by atoms with Crippen LogP contribution < -0.4 is 19.9 Å². The predicted molar refractivity (Wildman–Crippen MR) is 108 cm³/mol. The van der Waals surface area contributed by atoms with Crippen LogP contribution in [0.4, 0.5) is 0 Å². The van der Waals surface area contributed by atoms with Gasteiger partial charge in [-0.05, 0) is 36.4 Å². The Bertz CT molecular complexity index is 1070. The molecule has 2 heterocycles. The highest BCUT2D eigenvalue weighted by Gasteiger charge is 2.33. The third kappa shape index (κ3) is 3.57. The Hall–Kier alpha value is -2.57. The van der Waals surface area contributed by atoms with Gasteiger partial charge in [0.05, 0.1) is 37.2 Å². The molecule has 1 aliphatic heterocycles. The molecule has 3 aromatic rings. The maximum atomic E-state index is 12.4. The number of likely N-dealkylation sites (tertiary alicyclic amines) is 1. The number of rotatable bonds is 5. The molecular weight excluding hydrogens is 378 g/mol. The molecule has 6 nitrogen and oxygen atoms in total. The van der Waals surface area contributed by atoms with Gasteiger partial charge in [0, 0.05) is 17.9 Å². The quantitative estimate of drug-likeness (QED) is 0.690. The van der Waals surface area contributed by atoms with Crippen LogP contribution in [0.25, 0.3) is 10.9 Å². The summed E-state index contributed by atoms with van der Waals surface area (Å²) in [5, 5.41) is 1.12. The van der Waals surface area contributed by atoms with Crippen LogP contribution in [0.3, 0.4) is 0 Å². The summed E-state index contributed by atoms with van der Waals surface area (Å²) in [6.07, 6.45) is 2.15. The number of nitrogens with one attached hydrogen (secondary N) is 2. The molecule has 1 fully saturated rings. The molecule has 0 spiro atoms. The molecule has 1 saturated heterocycles. The summed E-state index contributed by atoms with van der Waals surface area (Å²) in [5.41, 5.74) is 1.62. The topological polar surface area (TPSA) is 68.7 Å². The molecule has 0 saturated carbocycles. The van der Waals surface area contributed by atoms with E-state index in [0.717, 1.165) is 36.4 Å². The van der Waals surface area contributed by atoms with Gasteiger partial charge in [0.25, 0.3) is 5.56 Å². The lowest BCUT2D eigenvalue weighted by molar-refractivity contribution is -0.932. The maximum Gasteiger partial charge on any atom is 0.258 e. The smallest absolute Gasteiger partial charge is 0.258 e. The van der Waals surface area contributed by atoms with E-state index in [1.165, 1.54) is 4.90 Å². The highest BCUT2D eigenvalue weighted by atomic mass is 35.5. The van der Waals surface area contributed by atoms with Crippen LogP contribution in [-0.2, 0) is 6.54 Å². The Morgan fingerprint density at radius 1 is 1.21 bits per heavy atom. The van der Waals surface area contributed by atoms with Gasteiger partial charge in [-0.1, -0.05) is 11.6 Å². The molecule has 2 N–H and O–H groups in total. The van der Waals surface area contributed by atoms with Crippen LogP contribution >= 0.6 is 11.6 Å². The number of nitrogens with zero attached hydrogens (tertiary/aromatic N) is 1. The summed E-state index contributed by atoms with van der Waals surface area (Å²) < 4.78 is 11.0. The van der Waals surface area contributed by atoms with E-state index in [1.54, 1.807) is 32.4 Å². The van der Waals surface area contributed by atoms with E-state index in [2.05, 4.69) is 9.97 Å². The molecule has 146 valence electrons. The molecule has 7 heteroatoms. The fourth-order valence-electron chi connectivity index (χ4n) is 4.07. The van der Waals surface area contributed by atoms with Crippen LogP contribution in [0.1, 0.15) is 30.3 Å². The van der Waals surface area contributed by atoms with E-state index in [1.807, 2.05) is 18.2 Å². The molecule has 2 atom stereocenters. The fourth-order valence-corrected chi connectivity index (χ4v) is 4.24. The van der Waals surface area contributed by atoms with E-state index in [-0.39, 0.29) is 11.6 Å². The van der Waals surface area contributed by atoms with Gasteiger partial charge in [0.15, 0.2) is 5.82 Å². The van der Waals surface area contributed by atoms with Gasteiger partial charge in [0.1, 0.15) is 24.1 Å². The van der Waals surface area contributed by atoms with Crippen LogP contribution in [0.5, 0.6) is 11.5 Å². The first-order valence-corrected chi connectivity index (χ1v) is 9.72. The van der Waals surface area contributed by atoms with Crippen LogP contribution in [0.15, 0.2) is 41.2 Å². The van der Waals surface area contributed by atoms with Crippen molar-refractivity contribution in [3.63, 3.8) is 0 Å². The summed E-state index contributed by atoms with van der Waals surface area (Å²) in [6.45, 7) is 1.63. The van der Waals surface area contributed by atoms with Gasteiger partial charge in [0.2, 0.25) is 0 Å². The summed E-state index contributed by atoms with van der Waals surface area (Å²) >= 11 is 6.08. The first kappa shape index (κ1) is 18.8. The second-order valence-corrected chi connectivity index (χ2v) is 7.50. The molecule has 1 aliphatic rings. The highest BCUT2D eigenvalue weighted by Crippen LogP contribution is 2.31. The van der Waals surface area contributed by atoms with Crippen LogP contribution in [0.2, 0.25) is 5.02 Å². The number of H-pyrrole nitrogens is 1. The number of benzene rings is 2. The normalized spacial score (nSPS) is 19.1. The third-order valence-electron chi connectivity index (χ3n) is 5.41. The van der Waals surface area contributed by atoms with E-state index in [0.29, 0.717) is 28.3 Å². The lowest BCUT2D eigenvalue weighted by Gasteiger charge is -2.23. The molecule has 0 bridgehead atoms. The molecule has 28 heavy (non-hydrogen) atoms. The minimum atomic E-state index is -0.134. The number of aromatic amines is 1. The van der Waals surface area contributed by atoms with Gasteiger partial charge in [-0.25, -0.2) is 4.98 Å². The van der Waals surface area contributed by atoms with E-state index in [4.69, 9.17) is 21.1 Å². The maximum absolute atomic E-state index is 12.4. The van der Waals surface area contributed by atoms with Crippen LogP contribution in [0, 0.1) is 0 Å². The number of halogens is 1. The Labute approximate surface area is 168 Å². The highest BCUT2D eigenvalue weighted by molar-refractivity contribution is 6.31. The molecular formula is C21H23ClN3O3+. The molecule has 4 rings (SSSR count). The van der Waals surface area contributed by atoms with E-state index >= 15 is 0 Å². The van der Waals surface area contributed by atoms with Crippen molar-refractivity contribution < 1.29 is 14.4 Å². The molecule has 1 unspecified atom stereocenters. The summed E-state index contributed by atoms with van der Waals surface area (Å²) in [7, 11) is 3.35. The van der Waals surface area contributed by atoms with Crippen molar-refractivity contribution in [2.45, 2.75) is 25.4 Å². The van der Waals surface area contributed by atoms with Gasteiger partial charge < -0.3 is 19.4 Å². The van der Waals surface area contributed by atoms with Gasteiger partial charge in [-0.2, -0.15) is 0 Å². The third-order valence-corrected chi connectivity index (χ3v) is 5.64. The van der Waals surface area contributed by atoms with Crippen molar-refractivity contribution in [2.75, 3.05) is 20.8 Å². The zero-order chi connectivity index (χ0) is 19.7. The average Bonchev–Trinajstić information content (AvgIpc) is 3.15. The number of ether oxygens (including phenoxy) is 2. The van der Waals surface area contributed by atoms with Gasteiger partial charge in [-0.15, -0.1) is 0 Å². The number of hydrogen-bond acceptors (Lipinski definition) is 4. The second kappa shape index (κ2) is 7.81. The van der Waals surface area contributed by atoms with Crippen LogP contribution in [-0.4, -0.2) is 30.7 Å². The lowest BCUT2D eigenvalue weighted by Crippen LogP contribution is -3.09. The minimum Gasteiger partial charge on any atom is -0.497 e. The lowest BCUT2D eigenvalue weighted by atomic mass is 10.0. The number of hydrogen-bond donors (Lipinski definition) is 2. The van der Waals surface area contributed by atoms with Crippen molar-refractivity contribution in [1.82, 2.24) is 9.97 Å². The molecule has 0 aliphatic carbocycles. The second-order valence-electron chi connectivity index (χ2n) is 7.06. The summed E-state index contributed by atoms with van der Waals surface area (Å²) in [4.78, 5) is 21.4. The molecule has 1 aromatic heterocycles. The Morgan fingerprint density at radius 2 is 2.07 bits per heavy atom. The van der Waals surface area contributed by atoms with Gasteiger partial charge >= 0.3 is 0 Å². The minimum absolute atomic E-state index is 0.134. The number of quaternary nitrogens is 1. The van der Waals surface area contributed by atoms with Crippen molar-refractivity contribution >= 4 is 22.5 Å². The number of fused-ring (bicyclic) bond motifs is 1. The first-order valence-electron chi connectivity index (χ1n) is 9.34. The molecule has 0 amide bonds. The van der Waals surface area contributed by atoms with Gasteiger partial charge in [-0.3, -0.25) is 4.79 Å². The summed E-state index contributed by atoms with van der Waals surface area (Å²) in [6, 6.07) is 11.3. The Balaban J connectivity index is 1.67. The number of methoxy groups -OCH3 is 2. The standard InChI is InChI=1S/C21H22ClN3O3/c1-27-14-6-8-19(28-2)16(11-14)18-4-3-9-25(18)12-20-23-17-10-13(22)5-7-15(17)21(26)24-20/h5-8,10-11,18H,3-4,9,12H2,1-2H3,(H,23,24,26)/p+1/t18-/m0/s1. The zero-order valence-electron chi connectivity index (χ0n) is 15.9. The first-order chi connectivity index (χ1) is 13.6. The molecule has 2 aromatic carbocycles. The molecule has 0 radical (unpaired) electrons. The number of aromatic nitrogens is 2. The van der Waals surface area contributed by atoms with Crippen molar-refractivity contribution in [2.24, 2.45) is 0 Å².